The van der Waals surface area contributed by atoms with Crippen LogP contribution in [0.4, 0.5) is 0 Å². The van der Waals surface area contributed by atoms with Gasteiger partial charge >= 0.3 is 0 Å². The molecule has 3 aromatic rings. The first kappa shape index (κ1) is 12.4. The van der Waals surface area contributed by atoms with E-state index in [2.05, 4.69) is 26.8 Å². The van der Waals surface area contributed by atoms with Crippen LogP contribution in [0.2, 0.25) is 0 Å². The Morgan fingerprint density at radius 1 is 0.842 bits per heavy atom. The van der Waals surface area contributed by atoms with Crippen molar-refractivity contribution >= 4 is 34.2 Å². The summed E-state index contributed by atoms with van der Waals surface area (Å²) in [4.78, 5) is 0. The van der Waals surface area contributed by atoms with Crippen molar-refractivity contribution in [3.8, 4) is 0 Å². The summed E-state index contributed by atoms with van der Waals surface area (Å²) in [6, 6.07) is 2.06. The molecule has 0 saturated heterocycles. The SMILES string of the molecule is Cc1oc2c(c(C)cc3oc(=S)c(C)c(C)c32)c1C. The minimum absolute atomic E-state index is 0.559. The van der Waals surface area contributed by atoms with Gasteiger partial charge in [-0.05, 0) is 69.6 Å². The van der Waals surface area contributed by atoms with Gasteiger partial charge in [0.15, 0.2) is 4.71 Å². The summed E-state index contributed by atoms with van der Waals surface area (Å²) in [6.45, 7) is 10.2. The minimum Gasteiger partial charge on any atom is -0.460 e. The highest BCUT2D eigenvalue weighted by molar-refractivity contribution is 7.71. The average Bonchev–Trinajstić information content (AvgIpc) is 2.63. The average molecular weight is 272 g/mol. The lowest BCUT2D eigenvalue weighted by Gasteiger charge is -2.07. The second kappa shape index (κ2) is 3.94. The van der Waals surface area contributed by atoms with Crippen molar-refractivity contribution < 1.29 is 8.83 Å². The quantitative estimate of drug-likeness (QED) is 0.509. The van der Waals surface area contributed by atoms with Crippen molar-refractivity contribution in [3.63, 3.8) is 0 Å². The number of rotatable bonds is 0. The molecule has 0 unspecified atom stereocenters. The topological polar surface area (TPSA) is 26.3 Å². The van der Waals surface area contributed by atoms with Crippen molar-refractivity contribution in [2.75, 3.05) is 0 Å². The molecule has 19 heavy (non-hydrogen) atoms. The Labute approximate surface area is 117 Å². The van der Waals surface area contributed by atoms with E-state index in [1.807, 2.05) is 13.8 Å². The lowest BCUT2D eigenvalue weighted by Crippen LogP contribution is -1.88. The summed E-state index contributed by atoms with van der Waals surface area (Å²) in [6.07, 6.45) is 0. The number of aryl methyl sites for hydroxylation is 4. The molecule has 2 heterocycles. The molecule has 0 aliphatic rings. The van der Waals surface area contributed by atoms with E-state index in [-0.39, 0.29) is 0 Å². The van der Waals surface area contributed by atoms with Gasteiger partial charge in [-0.2, -0.15) is 0 Å². The first-order chi connectivity index (χ1) is 8.91. The molecule has 0 fully saturated rings. The van der Waals surface area contributed by atoms with Gasteiger partial charge in [0.25, 0.3) is 0 Å². The van der Waals surface area contributed by atoms with E-state index in [1.54, 1.807) is 0 Å². The molecule has 0 amide bonds. The Kier molecular flexibility index (Phi) is 2.58. The molecule has 3 rings (SSSR count). The largest absolute Gasteiger partial charge is 0.460 e. The van der Waals surface area contributed by atoms with Gasteiger partial charge in [0, 0.05) is 10.9 Å². The van der Waals surface area contributed by atoms with Crippen LogP contribution >= 0.6 is 12.2 Å². The molecule has 0 spiro atoms. The third-order valence-corrected chi connectivity index (χ3v) is 4.44. The summed E-state index contributed by atoms with van der Waals surface area (Å²) < 4.78 is 12.3. The Morgan fingerprint density at radius 3 is 2.21 bits per heavy atom. The summed E-state index contributed by atoms with van der Waals surface area (Å²) in [7, 11) is 0. The Hall–Kier alpha value is -1.61. The normalized spacial score (nSPS) is 11.6. The van der Waals surface area contributed by atoms with Crippen LogP contribution in [0, 0.1) is 39.3 Å². The van der Waals surface area contributed by atoms with Crippen LogP contribution in [0.5, 0.6) is 0 Å². The number of hydrogen-bond acceptors (Lipinski definition) is 3. The molecule has 0 saturated carbocycles. The lowest BCUT2D eigenvalue weighted by atomic mass is 10.0. The second-order valence-electron chi connectivity index (χ2n) is 5.19. The fourth-order valence-electron chi connectivity index (χ4n) is 2.68. The molecular formula is C16H16O2S. The minimum atomic E-state index is 0.559. The predicted molar refractivity (Wildman–Crippen MR) is 80.5 cm³/mol. The summed E-state index contributed by atoms with van der Waals surface area (Å²) >= 11 is 5.27. The van der Waals surface area contributed by atoms with E-state index in [9.17, 15) is 0 Å². The highest BCUT2D eigenvalue weighted by Gasteiger charge is 2.17. The van der Waals surface area contributed by atoms with Gasteiger partial charge in [0.05, 0.1) is 5.39 Å². The van der Waals surface area contributed by atoms with E-state index in [4.69, 9.17) is 21.1 Å². The zero-order valence-electron chi connectivity index (χ0n) is 11.8. The molecule has 0 radical (unpaired) electrons. The van der Waals surface area contributed by atoms with Crippen LogP contribution in [0.3, 0.4) is 0 Å². The van der Waals surface area contributed by atoms with Gasteiger partial charge in [-0.1, -0.05) is 0 Å². The third-order valence-electron chi connectivity index (χ3n) is 4.05. The maximum atomic E-state index is 5.97. The summed E-state index contributed by atoms with van der Waals surface area (Å²) in [5, 5.41) is 2.24. The molecule has 3 heteroatoms. The van der Waals surface area contributed by atoms with Crippen LogP contribution < -0.4 is 0 Å². The zero-order chi connectivity index (χ0) is 13.9. The molecule has 98 valence electrons. The van der Waals surface area contributed by atoms with E-state index < -0.39 is 0 Å². The fraction of sp³-hybridized carbons (Fsp3) is 0.312. The van der Waals surface area contributed by atoms with Gasteiger partial charge in [-0.25, -0.2) is 0 Å². The molecule has 0 N–H and O–H groups in total. The molecule has 0 aliphatic heterocycles. The van der Waals surface area contributed by atoms with Gasteiger partial charge < -0.3 is 8.83 Å². The van der Waals surface area contributed by atoms with Crippen LogP contribution in [0.25, 0.3) is 21.9 Å². The number of fused-ring (bicyclic) bond motifs is 3. The third kappa shape index (κ3) is 1.58. The standard InChI is InChI=1S/C16H16O2S/c1-7-6-12-14(8(2)9(3)16(19)18-12)15-13(7)10(4)11(5)17-15/h6H,1-5H3. The molecular weight excluding hydrogens is 256 g/mol. The van der Waals surface area contributed by atoms with Crippen LogP contribution in [-0.2, 0) is 0 Å². The highest BCUT2D eigenvalue weighted by Crippen LogP contribution is 2.36. The van der Waals surface area contributed by atoms with E-state index in [0.717, 1.165) is 33.4 Å². The lowest BCUT2D eigenvalue weighted by molar-refractivity contribution is 0.568. The predicted octanol–water partition coefficient (Wildman–Crippen LogP) is 5.45. The van der Waals surface area contributed by atoms with Gasteiger partial charge in [-0.3, -0.25) is 0 Å². The van der Waals surface area contributed by atoms with Crippen LogP contribution in [0.1, 0.15) is 28.0 Å². The van der Waals surface area contributed by atoms with Gasteiger partial charge in [0.2, 0.25) is 0 Å². The molecule has 0 aliphatic carbocycles. The second-order valence-corrected chi connectivity index (χ2v) is 5.56. The van der Waals surface area contributed by atoms with Gasteiger partial charge in [-0.15, -0.1) is 0 Å². The first-order valence-electron chi connectivity index (χ1n) is 6.35. The highest BCUT2D eigenvalue weighted by atomic mass is 32.1. The van der Waals surface area contributed by atoms with Crippen molar-refractivity contribution in [2.45, 2.75) is 34.6 Å². The number of furan rings is 1. The fourth-order valence-corrected chi connectivity index (χ4v) is 2.93. The number of hydrogen-bond donors (Lipinski definition) is 0. The molecule has 2 nitrogen and oxygen atoms in total. The van der Waals surface area contributed by atoms with Crippen molar-refractivity contribution in [2.24, 2.45) is 0 Å². The van der Waals surface area contributed by atoms with Crippen molar-refractivity contribution in [1.82, 2.24) is 0 Å². The maximum absolute atomic E-state index is 5.97. The van der Waals surface area contributed by atoms with Crippen molar-refractivity contribution in [3.05, 3.63) is 38.8 Å². The van der Waals surface area contributed by atoms with Crippen LogP contribution in [-0.4, -0.2) is 0 Å². The smallest absolute Gasteiger partial charge is 0.193 e. The summed E-state index contributed by atoms with van der Waals surface area (Å²) in [5.41, 5.74) is 6.26. The number of benzene rings is 1. The van der Waals surface area contributed by atoms with Crippen molar-refractivity contribution in [1.29, 1.82) is 0 Å². The molecule has 1 aromatic carbocycles. The summed E-state index contributed by atoms with van der Waals surface area (Å²) in [5.74, 6) is 0.963. The van der Waals surface area contributed by atoms with E-state index in [1.165, 1.54) is 16.5 Å². The Bertz CT molecular complexity index is 882. The first-order valence-corrected chi connectivity index (χ1v) is 6.76. The zero-order valence-corrected chi connectivity index (χ0v) is 12.6. The monoisotopic (exact) mass is 272 g/mol. The molecule has 0 atom stereocenters. The van der Waals surface area contributed by atoms with E-state index in [0.29, 0.717) is 4.71 Å². The Morgan fingerprint density at radius 2 is 1.53 bits per heavy atom. The molecule has 2 aromatic heterocycles. The maximum Gasteiger partial charge on any atom is 0.193 e. The van der Waals surface area contributed by atoms with E-state index >= 15 is 0 Å². The Balaban J connectivity index is 2.71. The van der Waals surface area contributed by atoms with Crippen LogP contribution in [0.15, 0.2) is 14.9 Å². The molecule has 0 bridgehead atoms. The van der Waals surface area contributed by atoms with Gasteiger partial charge in [0.1, 0.15) is 16.9 Å².